The van der Waals surface area contributed by atoms with Crippen molar-refractivity contribution >= 4 is 40.5 Å². The van der Waals surface area contributed by atoms with Crippen molar-refractivity contribution in [2.45, 2.75) is 32.9 Å². The fourth-order valence-corrected chi connectivity index (χ4v) is 7.32. The molecule has 0 fully saturated rings. The molecule has 0 bridgehead atoms. The Labute approximate surface area is 244 Å². The number of rotatable bonds is 5. The molecule has 0 aliphatic rings. The van der Waals surface area contributed by atoms with Crippen LogP contribution >= 0.6 is 0 Å². The molecule has 0 unspecified atom stereocenters. The van der Waals surface area contributed by atoms with Crippen molar-refractivity contribution in [1.29, 1.82) is 0 Å². The van der Waals surface area contributed by atoms with E-state index in [-0.39, 0.29) is 26.8 Å². The van der Waals surface area contributed by atoms with Crippen LogP contribution in [0.15, 0.2) is 97.2 Å². The summed E-state index contributed by atoms with van der Waals surface area (Å²) in [5.74, 6) is 0.591. The second-order valence-electron chi connectivity index (χ2n) is 10.6. The molecule has 0 aliphatic heterocycles. The molecule has 3 heterocycles. The molecule has 6 rings (SSSR count). The van der Waals surface area contributed by atoms with Crippen LogP contribution < -0.4 is 10.5 Å². The van der Waals surface area contributed by atoms with E-state index in [1.54, 1.807) is 6.07 Å². The largest absolute Gasteiger partial charge is 0.506 e. The molecule has 39 heavy (non-hydrogen) atoms. The molecule has 1 N–H and O–H groups in total. The van der Waals surface area contributed by atoms with E-state index in [0.717, 1.165) is 38.5 Å². The Morgan fingerprint density at radius 3 is 2.33 bits per heavy atom. The second kappa shape index (κ2) is 10.6. The SMILES string of the molecule is CC(C)c1cc(-c2ccc3c4ccccc4n(-c4ccccc4O)c3n2)[c-]c([Si](C)(C)c2ccccn2)c1.[Pt]. The number of aromatic nitrogens is 3. The van der Waals surface area contributed by atoms with Gasteiger partial charge in [0, 0.05) is 43.4 Å². The molecule has 6 aromatic rings. The molecule has 0 atom stereocenters. The Bertz CT molecular complexity index is 1790. The zero-order valence-electron chi connectivity index (χ0n) is 22.4. The molecular formula is C33H30N3OPtSi-. The topological polar surface area (TPSA) is 50.9 Å². The van der Waals surface area contributed by atoms with Gasteiger partial charge in [-0.25, -0.2) is 0 Å². The van der Waals surface area contributed by atoms with Crippen molar-refractivity contribution < 1.29 is 26.2 Å². The zero-order chi connectivity index (χ0) is 26.4. The van der Waals surface area contributed by atoms with Gasteiger partial charge in [-0.3, -0.25) is 14.5 Å². The van der Waals surface area contributed by atoms with E-state index in [9.17, 15) is 5.11 Å². The average molecular weight is 708 g/mol. The first-order valence-electron chi connectivity index (χ1n) is 13.0. The summed E-state index contributed by atoms with van der Waals surface area (Å²) < 4.78 is 2.06. The van der Waals surface area contributed by atoms with Gasteiger partial charge in [0.05, 0.1) is 11.2 Å². The van der Waals surface area contributed by atoms with E-state index in [1.165, 1.54) is 10.8 Å². The van der Waals surface area contributed by atoms with E-state index in [2.05, 4.69) is 86.1 Å². The van der Waals surface area contributed by atoms with Crippen molar-refractivity contribution in [3.05, 3.63) is 109 Å². The molecule has 198 valence electrons. The summed E-state index contributed by atoms with van der Waals surface area (Å²) in [7, 11) is -2.08. The van der Waals surface area contributed by atoms with E-state index >= 15 is 0 Å². The molecule has 3 aromatic carbocycles. The van der Waals surface area contributed by atoms with E-state index in [0.29, 0.717) is 11.6 Å². The molecule has 0 aliphatic carbocycles. The Balaban J connectivity index is 0.00000308. The minimum atomic E-state index is -2.08. The number of hydrogen-bond donors (Lipinski definition) is 1. The van der Waals surface area contributed by atoms with Gasteiger partial charge in [0.25, 0.3) is 0 Å². The summed E-state index contributed by atoms with van der Waals surface area (Å²) in [6, 6.07) is 34.4. The quantitative estimate of drug-likeness (QED) is 0.161. The maximum atomic E-state index is 10.8. The molecule has 0 saturated carbocycles. The van der Waals surface area contributed by atoms with Gasteiger partial charge in [0.15, 0.2) is 0 Å². The third-order valence-corrected chi connectivity index (χ3v) is 10.6. The minimum Gasteiger partial charge on any atom is -0.506 e. The maximum absolute atomic E-state index is 10.8. The van der Waals surface area contributed by atoms with Crippen LogP contribution in [0.25, 0.3) is 38.9 Å². The third kappa shape index (κ3) is 4.75. The van der Waals surface area contributed by atoms with Gasteiger partial charge in [0.2, 0.25) is 0 Å². The van der Waals surface area contributed by atoms with Crippen LogP contribution in [0.2, 0.25) is 13.1 Å². The predicted molar refractivity (Wildman–Crippen MR) is 160 cm³/mol. The molecule has 0 amide bonds. The van der Waals surface area contributed by atoms with E-state index < -0.39 is 8.07 Å². The molecule has 4 nitrogen and oxygen atoms in total. The van der Waals surface area contributed by atoms with Crippen molar-refractivity contribution in [1.82, 2.24) is 14.5 Å². The fraction of sp³-hybridized carbons (Fsp3) is 0.152. The first-order valence-corrected chi connectivity index (χ1v) is 16.0. The normalized spacial score (nSPS) is 11.7. The molecular weight excluding hydrogens is 678 g/mol. The van der Waals surface area contributed by atoms with Crippen molar-refractivity contribution in [3.63, 3.8) is 0 Å². The number of nitrogens with zero attached hydrogens (tertiary/aromatic N) is 3. The predicted octanol–water partition coefficient (Wildman–Crippen LogP) is 6.69. The summed E-state index contributed by atoms with van der Waals surface area (Å²) in [6.45, 7) is 9.12. The first kappa shape index (κ1) is 27.0. The van der Waals surface area contributed by atoms with Gasteiger partial charge in [-0.15, -0.1) is 34.5 Å². The summed E-state index contributed by atoms with van der Waals surface area (Å²) in [5.41, 5.74) is 5.67. The summed E-state index contributed by atoms with van der Waals surface area (Å²) >= 11 is 0. The summed E-state index contributed by atoms with van der Waals surface area (Å²) in [6.07, 6.45) is 1.88. The Morgan fingerprint density at radius 2 is 1.59 bits per heavy atom. The van der Waals surface area contributed by atoms with E-state index in [1.807, 2.05) is 42.6 Å². The van der Waals surface area contributed by atoms with Gasteiger partial charge in [-0.05, 0) is 41.9 Å². The standard InChI is InChI=1S/C33H30N3OSi.Pt/c1-22(2)23-19-24(21-25(20-23)38(3,4)32-15-9-10-18-34-32)28-17-16-27-26-11-5-6-12-29(26)36(33(27)35-28)30-13-7-8-14-31(30)37;/h5-20,22,37H,1-4H3;/q-1;. The number of pyridine rings is 2. The van der Waals surface area contributed by atoms with Gasteiger partial charge < -0.3 is 5.11 Å². The Kier molecular flexibility index (Phi) is 7.32. The van der Waals surface area contributed by atoms with Crippen molar-refractivity contribution in [2.24, 2.45) is 0 Å². The Hall–Kier alpha value is -3.53. The maximum Gasteiger partial charge on any atom is 0.139 e. The van der Waals surface area contributed by atoms with Crippen molar-refractivity contribution in [2.75, 3.05) is 0 Å². The van der Waals surface area contributed by atoms with Crippen LogP contribution in [0.5, 0.6) is 5.75 Å². The van der Waals surface area contributed by atoms with Crippen LogP contribution in [-0.4, -0.2) is 27.7 Å². The molecule has 0 spiro atoms. The molecule has 0 radical (unpaired) electrons. The van der Waals surface area contributed by atoms with Gasteiger partial charge in [-0.1, -0.05) is 75.5 Å². The number of fused-ring (bicyclic) bond motifs is 3. The third-order valence-electron chi connectivity index (χ3n) is 7.46. The number of benzene rings is 3. The number of aromatic hydroxyl groups is 1. The zero-order valence-corrected chi connectivity index (χ0v) is 25.7. The number of para-hydroxylation sites is 3. The van der Waals surface area contributed by atoms with Crippen LogP contribution in [-0.2, 0) is 21.1 Å². The van der Waals surface area contributed by atoms with Crippen LogP contribution in [0.3, 0.4) is 0 Å². The number of hydrogen-bond acceptors (Lipinski definition) is 3. The van der Waals surface area contributed by atoms with Crippen LogP contribution in [0.4, 0.5) is 0 Å². The van der Waals surface area contributed by atoms with Gasteiger partial charge >= 0.3 is 0 Å². The second-order valence-corrected chi connectivity index (χ2v) is 14.9. The average Bonchev–Trinajstić information content (AvgIpc) is 3.27. The monoisotopic (exact) mass is 707 g/mol. The van der Waals surface area contributed by atoms with Crippen LogP contribution in [0, 0.1) is 6.07 Å². The summed E-state index contributed by atoms with van der Waals surface area (Å²) in [5, 5.41) is 15.3. The molecule has 3 aromatic heterocycles. The molecule has 6 heteroatoms. The van der Waals surface area contributed by atoms with Gasteiger partial charge in [0.1, 0.15) is 19.5 Å². The first-order chi connectivity index (χ1) is 18.3. The smallest absolute Gasteiger partial charge is 0.139 e. The fourth-order valence-electron chi connectivity index (χ4n) is 5.16. The van der Waals surface area contributed by atoms with Crippen LogP contribution in [0.1, 0.15) is 25.3 Å². The molecule has 0 saturated heterocycles. The van der Waals surface area contributed by atoms with Gasteiger partial charge in [-0.2, -0.15) is 0 Å². The minimum absolute atomic E-state index is 0. The Morgan fingerprint density at radius 1 is 0.846 bits per heavy atom. The summed E-state index contributed by atoms with van der Waals surface area (Å²) in [4.78, 5) is 9.94. The van der Waals surface area contributed by atoms with Crippen molar-refractivity contribution in [3.8, 4) is 22.7 Å². The number of phenolic OH excluding ortho intramolecular Hbond substituents is 1. The van der Waals surface area contributed by atoms with E-state index in [4.69, 9.17) is 9.97 Å². The number of phenols is 1.